The van der Waals surface area contributed by atoms with Crippen molar-refractivity contribution in [1.82, 2.24) is 5.32 Å². The fourth-order valence-electron chi connectivity index (χ4n) is 2.16. The third-order valence-electron chi connectivity index (χ3n) is 3.17. The first-order chi connectivity index (χ1) is 9.53. The van der Waals surface area contributed by atoms with Crippen LogP contribution in [0.4, 0.5) is 0 Å². The highest BCUT2D eigenvalue weighted by atomic mass is 31.2. The lowest BCUT2D eigenvalue weighted by Crippen LogP contribution is -2.18. The molecule has 0 radical (unpaired) electrons. The summed E-state index contributed by atoms with van der Waals surface area (Å²) in [6.07, 6.45) is 0. The normalized spacial score (nSPS) is 15.3. The monoisotopic (exact) mass is 289 g/mol. The van der Waals surface area contributed by atoms with E-state index in [1.165, 1.54) is 5.56 Å². The van der Waals surface area contributed by atoms with Gasteiger partial charge in [0.1, 0.15) is 11.5 Å². The third kappa shape index (κ3) is 3.50. The number of para-hydroxylation sites is 1. The highest BCUT2D eigenvalue weighted by Crippen LogP contribution is 2.54. The Hall–Kier alpha value is -1.57. The van der Waals surface area contributed by atoms with Crippen molar-refractivity contribution in [2.45, 2.75) is 12.7 Å². The van der Waals surface area contributed by atoms with E-state index in [2.05, 4.69) is 5.32 Å². The van der Waals surface area contributed by atoms with Crippen molar-refractivity contribution in [3.8, 4) is 5.75 Å². The number of nitrogens with one attached hydrogen (secondary N) is 1. The fraction of sp³-hybridized carbons (Fsp3) is 0.250. The molecular formula is C16H20NO2P. The highest BCUT2D eigenvalue weighted by molar-refractivity contribution is 7.58. The molecule has 2 unspecified atom stereocenters. The third-order valence-corrected chi connectivity index (χ3v) is 5.23. The van der Waals surface area contributed by atoms with Gasteiger partial charge in [-0.2, -0.15) is 0 Å². The number of aryl methyl sites for hydroxylation is 1. The Bertz CT molecular complexity index is 596. The lowest BCUT2D eigenvalue weighted by Gasteiger charge is -2.25. The zero-order valence-electron chi connectivity index (χ0n) is 12.0. The van der Waals surface area contributed by atoms with Gasteiger partial charge >= 0.3 is 0 Å². The maximum absolute atomic E-state index is 12.9. The molecule has 0 bridgehead atoms. The first-order valence-electron chi connectivity index (χ1n) is 6.58. The van der Waals surface area contributed by atoms with Gasteiger partial charge in [-0.3, -0.25) is 4.57 Å². The van der Waals surface area contributed by atoms with Crippen molar-refractivity contribution in [1.29, 1.82) is 0 Å². The van der Waals surface area contributed by atoms with Crippen LogP contribution in [-0.2, 0) is 4.57 Å². The van der Waals surface area contributed by atoms with Gasteiger partial charge in [0.05, 0.1) is 0 Å². The van der Waals surface area contributed by atoms with Crippen LogP contribution in [0.1, 0.15) is 16.9 Å². The topological polar surface area (TPSA) is 38.3 Å². The van der Waals surface area contributed by atoms with Crippen LogP contribution in [0.3, 0.4) is 0 Å². The largest absolute Gasteiger partial charge is 0.442 e. The van der Waals surface area contributed by atoms with Crippen molar-refractivity contribution < 1.29 is 9.09 Å². The van der Waals surface area contributed by atoms with Gasteiger partial charge in [-0.05, 0) is 31.7 Å². The predicted molar refractivity (Wildman–Crippen MR) is 83.6 cm³/mol. The van der Waals surface area contributed by atoms with E-state index < -0.39 is 7.37 Å². The van der Waals surface area contributed by atoms with Crippen LogP contribution >= 0.6 is 7.37 Å². The van der Waals surface area contributed by atoms with Crippen LogP contribution in [0.25, 0.3) is 0 Å². The second kappa shape index (κ2) is 6.25. The van der Waals surface area contributed by atoms with Gasteiger partial charge in [-0.25, -0.2) is 0 Å². The maximum atomic E-state index is 12.9. The predicted octanol–water partition coefficient (Wildman–Crippen LogP) is 4.20. The molecule has 0 aliphatic rings. The fourth-order valence-corrected chi connectivity index (χ4v) is 3.99. The van der Waals surface area contributed by atoms with Gasteiger partial charge in [0, 0.05) is 6.66 Å². The summed E-state index contributed by atoms with van der Waals surface area (Å²) in [5.41, 5.74) is 2.15. The highest BCUT2D eigenvalue weighted by Gasteiger charge is 2.30. The summed E-state index contributed by atoms with van der Waals surface area (Å²) >= 11 is 0. The molecule has 3 nitrogen and oxygen atoms in total. The van der Waals surface area contributed by atoms with Gasteiger partial charge in [-0.1, -0.05) is 48.0 Å². The van der Waals surface area contributed by atoms with Gasteiger partial charge < -0.3 is 9.84 Å². The molecule has 2 aromatic rings. The molecule has 0 amide bonds. The van der Waals surface area contributed by atoms with Gasteiger partial charge in [0.15, 0.2) is 0 Å². The minimum Gasteiger partial charge on any atom is -0.442 e. The molecule has 0 aromatic heterocycles. The average molecular weight is 289 g/mol. The zero-order chi connectivity index (χ0) is 14.6. The van der Waals surface area contributed by atoms with E-state index in [1.54, 1.807) is 13.7 Å². The zero-order valence-corrected chi connectivity index (χ0v) is 12.9. The standard InChI is InChI=1S/C16H20NO2P/c1-13-9-11-14(12-10-13)16(17-2)20(3,18)19-15-7-5-4-6-8-15/h4-12,16-17H,1-3H3. The van der Waals surface area contributed by atoms with E-state index in [9.17, 15) is 4.57 Å². The Morgan fingerprint density at radius 1 is 1.05 bits per heavy atom. The number of benzene rings is 2. The number of hydrogen-bond donors (Lipinski definition) is 1. The molecule has 2 rings (SSSR count). The van der Waals surface area contributed by atoms with E-state index in [-0.39, 0.29) is 5.78 Å². The van der Waals surface area contributed by atoms with Crippen molar-refractivity contribution in [3.05, 3.63) is 65.7 Å². The molecule has 1 N–H and O–H groups in total. The van der Waals surface area contributed by atoms with E-state index in [0.717, 1.165) is 5.56 Å². The molecule has 4 heteroatoms. The van der Waals surface area contributed by atoms with Crippen LogP contribution in [0.15, 0.2) is 54.6 Å². The minimum atomic E-state index is -2.87. The summed E-state index contributed by atoms with van der Waals surface area (Å²) in [7, 11) is -1.07. The summed E-state index contributed by atoms with van der Waals surface area (Å²) in [5, 5.41) is 3.11. The number of rotatable bonds is 5. The second-order valence-corrected chi connectivity index (χ2v) is 7.43. The SMILES string of the molecule is CNC(c1ccc(C)cc1)P(C)(=O)Oc1ccccc1. The molecule has 2 aromatic carbocycles. The van der Waals surface area contributed by atoms with E-state index in [0.29, 0.717) is 5.75 Å². The second-order valence-electron chi connectivity index (χ2n) is 4.91. The van der Waals surface area contributed by atoms with Crippen LogP contribution in [0.2, 0.25) is 0 Å². The van der Waals surface area contributed by atoms with Crippen molar-refractivity contribution in [2.75, 3.05) is 13.7 Å². The van der Waals surface area contributed by atoms with Crippen LogP contribution in [0.5, 0.6) is 5.75 Å². The van der Waals surface area contributed by atoms with Crippen LogP contribution in [0, 0.1) is 6.92 Å². The molecule has 0 fully saturated rings. The summed E-state index contributed by atoms with van der Waals surface area (Å²) in [6, 6.07) is 17.3. The Morgan fingerprint density at radius 2 is 1.65 bits per heavy atom. The van der Waals surface area contributed by atoms with E-state index in [4.69, 9.17) is 4.52 Å². The Kier molecular flexibility index (Phi) is 4.64. The van der Waals surface area contributed by atoms with Gasteiger partial charge in [0.2, 0.25) is 0 Å². The quantitative estimate of drug-likeness (QED) is 0.838. The molecule has 0 saturated carbocycles. The summed E-state index contributed by atoms with van der Waals surface area (Å²) < 4.78 is 18.6. The molecule has 20 heavy (non-hydrogen) atoms. The molecule has 2 atom stereocenters. The molecule has 0 heterocycles. The van der Waals surface area contributed by atoms with Crippen molar-refractivity contribution >= 4 is 7.37 Å². The van der Waals surface area contributed by atoms with Gasteiger partial charge in [-0.15, -0.1) is 0 Å². The Balaban J connectivity index is 2.25. The molecule has 106 valence electrons. The number of hydrogen-bond acceptors (Lipinski definition) is 3. The van der Waals surface area contributed by atoms with Crippen LogP contribution < -0.4 is 9.84 Å². The van der Waals surface area contributed by atoms with Crippen LogP contribution in [-0.4, -0.2) is 13.7 Å². The Morgan fingerprint density at radius 3 is 2.20 bits per heavy atom. The molecule has 0 aliphatic heterocycles. The lowest BCUT2D eigenvalue weighted by molar-refractivity contribution is 0.466. The van der Waals surface area contributed by atoms with Gasteiger partial charge in [0.25, 0.3) is 7.37 Å². The van der Waals surface area contributed by atoms with Crippen molar-refractivity contribution in [3.63, 3.8) is 0 Å². The maximum Gasteiger partial charge on any atom is 0.265 e. The minimum absolute atomic E-state index is 0.316. The summed E-state index contributed by atoms with van der Waals surface area (Å²) in [4.78, 5) is 0. The summed E-state index contributed by atoms with van der Waals surface area (Å²) in [5.74, 6) is 0.314. The molecule has 0 aliphatic carbocycles. The smallest absolute Gasteiger partial charge is 0.265 e. The van der Waals surface area contributed by atoms with Crippen molar-refractivity contribution in [2.24, 2.45) is 0 Å². The molecule has 0 saturated heterocycles. The average Bonchev–Trinajstić information content (AvgIpc) is 2.42. The van der Waals surface area contributed by atoms with E-state index >= 15 is 0 Å². The lowest BCUT2D eigenvalue weighted by atomic mass is 10.1. The first kappa shape index (κ1) is 14.8. The first-order valence-corrected chi connectivity index (χ1v) is 8.73. The molecular weight excluding hydrogens is 269 g/mol. The molecule has 0 spiro atoms. The Labute approximate surface area is 120 Å². The summed E-state index contributed by atoms with van der Waals surface area (Å²) in [6.45, 7) is 3.70. The van der Waals surface area contributed by atoms with E-state index in [1.807, 2.05) is 61.5 Å².